The van der Waals surface area contributed by atoms with Crippen LogP contribution in [0.15, 0.2) is 23.6 Å². The summed E-state index contributed by atoms with van der Waals surface area (Å²) in [7, 11) is 0. The molecule has 0 atom stereocenters. The molecule has 0 saturated heterocycles. The van der Waals surface area contributed by atoms with Crippen molar-refractivity contribution < 1.29 is 14.7 Å². The van der Waals surface area contributed by atoms with E-state index < -0.39 is 5.97 Å². The van der Waals surface area contributed by atoms with Gasteiger partial charge < -0.3 is 10.0 Å². The number of carboxylic acids is 1. The number of benzene rings is 1. The SMILES string of the molecule is Cc1csc(CN2C(=O)Cc3ccc(C(=O)O)cc32)n1. The lowest BCUT2D eigenvalue weighted by Crippen LogP contribution is -2.26. The van der Waals surface area contributed by atoms with Crippen LogP contribution in [0.4, 0.5) is 5.69 Å². The number of nitrogens with zero attached hydrogens (tertiary/aromatic N) is 2. The molecule has 1 aromatic carbocycles. The van der Waals surface area contributed by atoms with Crippen LogP contribution in [-0.2, 0) is 17.8 Å². The van der Waals surface area contributed by atoms with Gasteiger partial charge in [0.05, 0.1) is 18.5 Å². The zero-order valence-corrected chi connectivity index (χ0v) is 11.6. The minimum atomic E-state index is -0.989. The summed E-state index contributed by atoms with van der Waals surface area (Å²) in [6, 6.07) is 4.80. The fourth-order valence-electron chi connectivity index (χ4n) is 2.27. The number of carbonyl (C=O) groups is 2. The molecule has 3 rings (SSSR count). The Balaban J connectivity index is 1.95. The third-order valence-corrected chi connectivity index (χ3v) is 4.18. The van der Waals surface area contributed by atoms with Crippen molar-refractivity contribution in [2.24, 2.45) is 0 Å². The van der Waals surface area contributed by atoms with E-state index in [1.165, 1.54) is 17.4 Å². The second-order valence-electron chi connectivity index (χ2n) is 4.69. The molecule has 20 heavy (non-hydrogen) atoms. The van der Waals surface area contributed by atoms with E-state index in [-0.39, 0.29) is 11.5 Å². The summed E-state index contributed by atoms with van der Waals surface area (Å²) in [5.41, 5.74) is 2.67. The molecular weight excluding hydrogens is 276 g/mol. The van der Waals surface area contributed by atoms with Crippen molar-refractivity contribution in [2.75, 3.05) is 4.90 Å². The van der Waals surface area contributed by atoms with Crippen molar-refractivity contribution in [1.82, 2.24) is 4.98 Å². The van der Waals surface area contributed by atoms with E-state index in [1.807, 2.05) is 12.3 Å². The number of anilines is 1. The van der Waals surface area contributed by atoms with Crippen LogP contribution in [0.25, 0.3) is 0 Å². The highest BCUT2D eigenvalue weighted by atomic mass is 32.1. The third-order valence-electron chi connectivity index (χ3n) is 3.23. The molecule has 0 unspecified atom stereocenters. The smallest absolute Gasteiger partial charge is 0.335 e. The third kappa shape index (κ3) is 2.18. The molecule has 102 valence electrons. The Morgan fingerprint density at radius 1 is 1.50 bits per heavy atom. The van der Waals surface area contributed by atoms with Crippen molar-refractivity contribution in [3.05, 3.63) is 45.4 Å². The van der Waals surface area contributed by atoms with E-state index in [0.717, 1.165) is 16.3 Å². The highest BCUT2D eigenvalue weighted by Gasteiger charge is 2.28. The van der Waals surface area contributed by atoms with Gasteiger partial charge in [0.2, 0.25) is 5.91 Å². The number of aromatic nitrogens is 1. The zero-order chi connectivity index (χ0) is 14.3. The number of fused-ring (bicyclic) bond motifs is 1. The fraction of sp³-hybridized carbons (Fsp3) is 0.214. The average Bonchev–Trinajstić information content (AvgIpc) is 2.94. The lowest BCUT2D eigenvalue weighted by Gasteiger charge is -2.16. The molecule has 0 spiro atoms. The number of hydrogen-bond acceptors (Lipinski definition) is 4. The first-order chi connectivity index (χ1) is 9.54. The monoisotopic (exact) mass is 288 g/mol. The number of rotatable bonds is 3. The van der Waals surface area contributed by atoms with Crippen molar-refractivity contribution >= 4 is 28.9 Å². The number of thiazole rings is 1. The van der Waals surface area contributed by atoms with E-state index in [4.69, 9.17) is 5.11 Å². The van der Waals surface area contributed by atoms with E-state index in [0.29, 0.717) is 18.7 Å². The maximum Gasteiger partial charge on any atom is 0.335 e. The molecule has 2 heterocycles. The van der Waals surface area contributed by atoms with Gasteiger partial charge in [-0.2, -0.15) is 0 Å². The van der Waals surface area contributed by atoms with Crippen LogP contribution in [0.1, 0.15) is 26.6 Å². The predicted octanol–water partition coefficient (Wildman–Crippen LogP) is 2.24. The zero-order valence-electron chi connectivity index (χ0n) is 10.8. The second-order valence-corrected chi connectivity index (χ2v) is 5.63. The van der Waals surface area contributed by atoms with Gasteiger partial charge in [-0.05, 0) is 24.6 Å². The Morgan fingerprint density at radius 3 is 2.95 bits per heavy atom. The minimum Gasteiger partial charge on any atom is -0.478 e. The van der Waals surface area contributed by atoms with E-state index in [1.54, 1.807) is 17.0 Å². The quantitative estimate of drug-likeness (QED) is 0.940. The molecule has 1 aromatic heterocycles. The van der Waals surface area contributed by atoms with Gasteiger partial charge in [0.15, 0.2) is 0 Å². The molecule has 2 aromatic rings. The van der Waals surface area contributed by atoms with E-state index >= 15 is 0 Å². The highest BCUT2D eigenvalue weighted by molar-refractivity contribution is 7.09. The molecule has 1 amide bonds. The number of aromatic carboxylic acids is 1. The molecule has 1 aliphatic heterocycles. The van der Waals surface area contributed by atoms with Crippen molar-refractivity contribution in [3.63, 3.8) is 0 Å². The topological polar surface area (TPSA) is 70.5 Å². The highest BCUT2D eigenvalue weighted by Crippen LogP contribution is 2.31. The van der Waals surface area contributed by atoms with Crippen LogP contribution >= 0.6 is 11.3 Å². The summed E-state index contributed by atoms with van der Waals surface area (Å²) in [5, 5.41) is 11.8. The van der Waals surface area contributed by atoms with Gasteiger partial charge in [-0.25, -0.2) is 9.78 Å². The molecule has 6 heteroatoms. The number of carbonyl (C=O) groups excluding carboxylic acids is 1. The lowest BCUT2D eigenvalue weighted by atomic mass is 10.1. The van der Waals surface area contributed by atoms with Crippen LogP contribution in [0, 0.1) is 6.92 Å². The van der Waals surface area contributed by atoms with Gasteiger partial charge in [0.1, 0.15) is 5.01 Å². The first-order valence-corrected chi connectivity index (χ1v) is 7.00. The Morgan fingerprint density at radius 2 is 2.30 bits per heavy atom. The summed E-state index contributed by atoms with van der Waals surface area (Å²) < 4.78 is 0. The van der Waals surface area contributed by atoms with Gasteiger partial charge in [0, 0.05) is 16.8 Å². The molecule has 1 aliphatic rings. The Kier molecular flexibility index (Phi) is 3.02. The molecule has 0 aliphatic carbocycles. The average molecular weight is 288 g/mol. The van der Waals surface area contributed by atoms with E-state index in [2.05, 4.69) is 4.98 Å². The maximum absolute atomic E-state index is 12.1. The first kappa shape index (κ1) is 12.8. The Bertz CT molecular complexity index is 708. The number of amides is 1. The van der Waals surface area contributed by atoms with Crippen LogP contribution in [0.5, 0.6) is 0 Å². The Labute approximate surface area is 119 Å². The van der Waals surface area contributed by atoms with Crippen LogP contribution in [0.2, 0.25) is 0 Å². The lowest BCUT2D eigenvalue weighted by molar-refractivity contribution is -0.117. The van der Waals surface area contributed by atoms with Gasteiger partial charge in [-0.15, -0.1) is 11.3 Å². The summed E-state index contributed by atoms with van der Waals surface area (Å²) in [4.78, 5) is 29.1. The van der Waals surface area contributed by atoms with Crippen LogP contribution in [0.3, 0.4) is 0 Å². The molecule has 0 radical (unpaired) electrons. The molecule has 0 bridgehead atoms. The molecule has 0 saturated carbocycles. The van der Waals surface area contributed by atoms with Crippen molar-refractivity contribution in [1.29, 1.82) is 0 Å². The van der Waals surface area contributed by atoms with Crippen LogP contribution in [-0.4, -0.2) is 22.0 Å². The minimum absolute atomic E-state index is 0.0182. The van der Waals surface area contributed by atoms with E-state index in [9.17, 15) is 9.59 Å². The maximum atomic E-state index is 12.1. The second kappa shape index (κ2) is 4.72. The molecule has 1 N–H and O–H groups in total. The number of aryl methyl sites for hydroxylation is 1. The number of carboxylic acid groups (broad SMARTS) is 1. The normalized spacial score (nSPS) is 13.7. The van der Waals surface area contributed by atoms with Crippen LogP contribution < -0.4 is 4.90 Å². The molecular formula is C14H12N2O3S. The molecule has 0 fully saturated rings. The summed E-state index contributed by atoms with van der Waals surface area (Å²) in [6.07, 6.45) is 0.319. The van der Waals surface area contributed by atoms with Gasteiger partial charge >= 0.3 is 5.97 Å². The first-order valence-electron chi connectivity index (χ1n) is 6.12. The fourth-order valence-corrected chi connectivity index (χ4v) is 3.03. The van der Waals surface area contributed by atoms with Gasteiger partial charge in [-0.3, -0.25) is 4.79 Å². The summed E-state index contributed by atoms with van der Waals surface area (Å²) in [6.45, 7) is 2.30. The van der Waals surface area contributed by atoms with Gasteiger partial charge in [0.25, 0.3) is 0 Å². The standard InChI is InChI=1S/C14H12N2O3S/c1-8-7-20-12(15-8)6-16-11-4-10(14(18)19)3-2-9(11)5-13(16)17/h2-4,7H,5-6H2,1H3,(H,18,19). The predicted molar refractivity (Wildman–Crippen MR) is 75.1 cm³/mol. The summed E-state index contributed by atoms with van der Waals surface area (Å²) >= 11 is 1.50. The Hall–Kier alpha value is -2.21. The van der Waals surface area contributed by atoms with Gasteiger partial charge in [-0.1, -0.05) is 6.07 Å². The largest absolute Gasteiger partial charge is 0.478 e. The molecule has 5 nitrogen and oxygen atoms in total. The van der Waals surface area contributed by atoms with Crippen molar-refractivity contribution in [3.8, 4) is 0 Å². The summed E-state index contributed by atoms with van der Waals surface area (Å²) in [5.74, 6) is -1.01. The number of hydrogen-bond donors (Lipinski definition) is 1. The van der Waals surface area contributed by atoms with Crippen molar-refractivity contribution in [2.45, 2.75) is 19.9 Å².